The van der Waals surface area contributed by atoms with E-state index < -0.39 is 10.8 Å². The first kappa shape index (κ1) is 19.0. The van der Waals surface area contributed by atoms with Gasteiger partial charge in [-0.05, 0) is 44.2 Å². The maximum atomic E-state index is 12.1. The molecule has 2 N–H and O–H groups in total. The lowest BCUT2D eigenvalue weighted by Gasteiger charge is -2.30. The highest BCUT2D eigenvalue weighted by Gasteiger charge is 2.25. The monoisotopic (exact) mass is 349 g/mol. The molecule has 0 heterocycles. The summed E-state index contributed by atoms with van der Waals surface area (Å²) < 4.78 is 12.1. The number of hydrogen-bond donors (Lipinski definition) is 2. The second kappa shape index (κ2) is 9.21. The van der Waals surface area contributed by atoms with Crippen molar-refractivity contribution < 1.29 is 4.21 Å². The van der Waals surface area contributed by atoms with Gasteiger partial charge in [0.2, 0.25) is 0 Å². The number of aryl methyl sites for hydroxylation is 2. The number of nitrogens with one attached hydrogen (secondary N) is 2. The first-order valence-electron chi connectivity index (χ1n) is 8.94. The van der Waals surface area contributed by atoms with E-state index >= 15 is 0 Å². The van der Waals surface area contributed by atoms with Crippen LogP contribution in [0.3, 0.4) is 0 Å². The number of hydrogen-bond acceptors (Lipinski definition) is 2. The van der Waals surface area contributed by atoms with Gasteiger partial charge in [0.05, 0.1) is 0 Å². The van der Waals surface area contributed by atoms with Crippen LogP contribution in [0.1, 0.15) is 49.3 Å². The molecule has 0 spiro atoms. The molecule has 0 amide bonds. The Hall–Kier alpha value is -1.36. The highest BCUT2D eigenvalue weighted by molar-refractivity contribution is 7.85. The zero-order valence-electron chi connectivity index (χ0n) is 15.4. The van der Waals surface area contributed by atoms with Gasteiger partial charge >= 0.3 is 0 Å². The van der Waals surface area contributed by atoms with Gasteiger partial charge in [0.25, 0.3) is 0 Å². The van der Waals surface area contributed by atoms with Crippen LogP contribution in [-0.4, -0.2) is 34.3 Å². The van der Waals surface area contributed by atoms with E-state index in [2.05, 4.69) is 47.7 Å². The molecule has 1 aliphatic rings. The topological polar surface area (TPSA) is 53.5 Å². The summed E-state index contributed by atoms with van der Waals surface area (Å²) in [5, 5.41) is 7.27. The van der Waals surface area contributed by atoms with Crippen LogP contribution in [0.15, 0.2) is 23.2 Å². The summed E-state index contributed by atoms with van der Waals surface area (Å²) >= 11 is 0. The molecule has 0 radical (unpaired) electrons. The van der Waals surface area contributed by atoms with Gasteiger partial charge in [-0.3, -0.25) is 9.20 Å². The van der Waals surface area contributed by atoms with Gasteiger partial charge in [-0.15, -0.1) is 0 Å². The highest BCUT2D eigenvalue weighted by Crippen LogP contribution is 2.23. The average molecular weight is 350 g/mol. The Kier molecular flexibility index (Phi) is 7.28. The minimum absolute atomic E-state index is 0.332. The average Bonchev–Trinajstić information content (AvgIpc) is 2.59. The van der Waals surface area contributed by atoms with Crippen LogP contribution in [0.2, 0.25) is 0 Å². The molecule has 1 saturated carbocycles. The summed E-state index contributed by atoms with van der Waals surface area (Å²) in [5.74, 6) is 1.60. The van der Waals surface area contributed by atoms with Gasteiger partial charge < -0.3 is 10.6 Å². The van der Waals surface area contributed by atoms with Crippen molar-refractivity contribution in [3.05, 3.63) is 34.9 Å². The van der Waals surface area contributed by atoms with E-state index in [1.54, 1.807) is 0 Å². The van der Waals surface area contributed by atoms with Crippen LogP contribution in [0.25, 0.3) is 0 Å². The summed E-state index contributed by atoms with van der Waals surface area (Å²) in [6.45, 7) is 7.04. The largest absolute Gasteiger partial charge is 0.354 e. The standard InChI is InChI=1S/C19H31N3OS/c1-5-24(23)18-8-6-7-17(12-18)22-19(20-4)21-13-16-10-9-14(2)11-15(16)3/h9-11,17-18H,5-8,12-13H2,1-4H3,(H2,20,21,22). The molecule has 1 aliphatic carbocycles. The van der Waals surface area contributed by atoms with Crippen LogP contribution >= 0.6 is 0 Å². The molecule has 134 valence electrons. The van der Waals surface area contributed by atoms with Crippen LogP contribution in [0.4, 0.5) is 0 Å². The second-order valence-corrected chi connectivity index (χ2v) is 8.66. The fourth-order valence-corrected chi connectivity index (χ4v) is 4.71. The zero-order chi connectivity index (χ0) is 17.5. The van der Waals surface area contributed by atoms with E-state index in [0.717, 1.165) is 43.9 Å². The molecule has 3 atom stereocenters. The van der Waals surface area contributed by atoms with Gasteiger partial charge in [0.1, 0.15) is 0 Å². The Morgan fingerprint density at radius 3 is 2.79 bits per heavy atom. The van der Waals surface area contributed by atoms with E-state index in [1.807, 2.05) is 14.0 Å². The first-order chi connectivity index (χ1) is 11.5. The lowest BCUT2D eigenvalue weighted by Crippen LogP contribution is -2.46. The molecular formula is C19H31N3OS. The van der Waals surface area contributed by atoms with E-state index in [0.29, 0.717) is 11.3 Å². The van der Waals surface area contributed by atoms with Crippen molar-refractivity contribution >= 4 is 16.8 Å². The first-order valence-corrected chi connectivity index (χ1v) is 10.3. The molecule has 1 aromatic carbocycles. The molecule has 0 aromatic heterocycles. The molecular weight excluding hydrogens is 318 g/mol. The smallest absolute Gasteiger partial charge is 0.191 e. The maximum absolute atomic E-state index is 12.1. The zero-order valence-corrected chi connectivity index (χ0v) is 16.2. The molecule has 4 nitrogen and oxygen atoms in total. The minimum Gasteiger partial charge on any atom is -0.354 e. The van der Waals surface area contributed by atoms with Crippen LogP contribution in [-0.2, 0) is 17.3 Å². The lowest BCUT2D eigenvalue weighted by molar-refractivity contribution is 0.413. The Morgan fingerprint density at radius 1 is 1.33 bits per heavy atom. The molecule has 0 bridgehead atoms. The summed E-state index contributed by atoms with van der Waals surface area (Å²) in [7, 11) is 1.12. The van der Waals surface area contributed by atoms with Crippen molar-refractivity contribution in [3.8, 4) is 0 Å². The molecule has 3 unspecified atom stereocenters. The fourth-order valence-electron chi connectivity index (χ4n) is 3.36. The molecule has 5 heteroatoms. The Labute approximate surface area is 149 Å². The summed E-state index contributed by atoms with van der Waals surface area (Å²) in [6.07, 6.45) is 4.34. The molecule has 0 aliphatic heterocycles. The van der Waals surface area contributed by atoms with Crippen molar-refractivity contribution in [2.45, 2.75) is 64.3 Å². The SMILES string of the molecule is CCS(=O)C1CCCC(NC(=NC)NCc2ccc(C)cc2C)C1. The Morgan fingerprint density at radius 2 is 2.12 bits per heavy atom. The normalized spacial score (nSPS) is 22.9. The third-order valence-corrected chi connectivity index (χ3v) is 6.53. The third kappa shape index (κ3) is 5.33. The minimum atomic E-state index is -0.690. The third-order valence-electron chi connectivity index (χ3n) is 4.79. The fraction of sp³-hybridized carbons (Fsp3) is 0.632. The summed E-state index contributed by atoms with van der Waals surface area (Å²) in [6, 6.07) is 6.89. The number of rotatable bonds is 5. The quantitative estimate of drug-likeness (QED) is 0.634. The Balaban J connectivity index is 1.89. The van der Waals surface area contributed by atoms with Crippen molar-refractivity contribution in [1.29, 1.82) is 0 Å². The predicted octanol–water partition coefficient (Wildman–Crippen LogP) is 3.05. The number of nitrogens with zero attached hydrogens (tertiary/aromatic N) is 1. The van der Waals surface area contributed by atoms with Gasteiger partial charge in [-0.1, -0.05) is 37.1 Å². The molecule has 1 aromatic rings. The van der Waals surface area contributed by atoms with E-state index in [-0.39, 0.29) is 0 Å². The van der Waals surface area contributed by atoms with E-state index in [9.17, 15) is 4.21 Å². The number of aliphatic imine (C=N–C) groups is 1. The van der Waals surface area contributed by atoms with Crippen LogP contribution in [0, 0.1) is 13.8 Å². The Bertz CT molecular complexity index is 600. The van der Waals surface area contributed by atoms with E-state index in [1.165, 1.54) is 16.7 Å². The lowest BCUT2D eigenvalue weighted by atomic mass is 9.95. The van der Waals surface area contributed by atoms with Gasteiger partial charge in [-0.25, -0.2) is 0 Å². The molecule has 0 saturated heterocycles. The summed E-state index contributed by atoms with van der Waals surface area (Å²) in [4.78, 5) is 4.35. The van der Waals surface area contributed by atoms with Gasteiger partial charge in [0.15, 0.2) is 5.96 Å². The van der Waals surface area contributed by atoms with Crippen molar-refractivity contribution in [1.82, 2.24) is 10.6 Å². The molecule has 1 fully saturated rings. The van der Waals surface area contributed by atoms with Gasteiger partial charge in [-0.2, -0.15) is 0 Å². The van der Waals surface area contributed by atoms with Crippen molar-refractivity contribution in [3.63, 3.8) is 0 Å². The van der Waals surface area contributed by atoms with Crippen molar-refractivity contribution in [2.24, 2.45) is 4.99 Å². The van der Waals surface area contributed by atoms with Crippen molar-refractivity contribution in [2.75, 3.05) is 12.8 Å². The van der Waals surface area contributed by atoms with Crippen LogP contribution in [0.5, 0.6) is 0 Å². The van der Waals surface area contributed by atoms with Gasteiger partial charge in [0, 0.05) is 41.4 Å². The second-order valence-electron chi connectivity index (χ2n) is 6.65. The molecule has 2 rings (SSSR count). The maximum Gasteiger partial charge on any atom is 0.191 e. The number of benzene rings is 1. The molecule has 24 heavy (non-hydrogen) atoms. The highest BCUT2D eigenvalue weighted by atomic mass is 32.2. The van der Waals surface area contributed by atoms with E-state index in [4.69, 9.17) is 0 Å². The predicted molar refractivity (Wildman–Crippen MR) is 104 cm³/mol. The summed E-state index contributed by atoms with van der Waals surface area (Å²) in [5.41, 5.74) is 3.88. The number of guanidine groups is 1. The van der Waals surface area contributed by atoms with Crippen LogP contribution < -0.4 is 10.6 Å².